The fraction of sp³-hybridized carbons (Fsp3) is 0.316. The molecule has 0 radical (unpaired) electrons. The van der Waals surface area contributed by atoms with Gasteiger partial charge < -0.3 is 5.32 Å². The number of nitrogens with one attached hydrogen (secondary N) is 2. The van der Waals surface area contributed by atoms with E-state index in [1.807, 2.05) is 31.4 Å². The van der Waals surface area contributed by atoms with E-state index in [0.717, 1.165) is 41.1 Å². The molecule has 2 heterocycles. The Balaban J connectivity index is 1.84. The number of hydrogen-bond donors (Lipinski definition) is 2. The topological polar surface area (TPSA) is 59.1 Å². The van der Waals surface area contributed by atoms with Crippen LogP contribution in [0.5, 0.6) is 0 Å². The van der Waals surface area contributed by atoms with Gasteiger partial charge in [-0.3, -0.25) is 20.3 Å². The molecule has 0 amide bonds. The molecule has 0 bridgehead atoms. The quantitative estimate of drug-likeness (QED) is 0.614. The Bertz CT molecular complexity index is 736. The number of hydrogen-bond acceptors (Lipinski definition) is 5. The molecule has 0 saturated carbocycles. The predicted octanol–water partition coefficient (Wildman–Crippen LogP) is 3.05. The second kappa shape index (κ2) is 8.18. The maximum atomic E-state index is 5.76. The lowest BCUT2D eigenvalue weighted by Gasteiger charge is -2.39. The predicted molar refractivity (Wildman–Crippen MR) is 102 cm³/mol. The van der Waals surface area contributed by atoms with Gasteiger partial charge in [0.25, 0.3) is 0 Å². The molecule has 6 heteroatoms. The molecule has 0 aliphatic heterocycles. The zero-order valence-corrected chi connectivity index (χ0v) is 15.1. The summed E-state index contributed by atoms with van der Waals surface area (Å²) in [5.41, 5.74) is 5.76. The Labute approximate surface area is 153 Å². The molecule has 0 saturated heterocycles. The third-order valence-electron chi connectivity index (χ3n) is 4.48. The average molecular weight is 354 g/mol. The molecule has 0 spiro atoms. The highest BCUT2D eigenvalue weighted by Gasteiger charge is 2.42. The van der Waals surface area contributed by atoms with Crippen LogP contribution in [0, 0.1) is 0 Å². The summed E-state index contributed by atoms with van der Waals surface area (Å²) in [4.78, 5) is 14.9. The van der Waals surface area contributed by atoms with E-state index in [9.17, 15) is 0 Å². The van der Waals surface area contributed by atoms with Crippen LogP contribution in [0.4, 0.5) is 0 Å². The van der Waals surface area contributed by atoms with Crippen LogP contribution in [0.15, 0.2) is 60.8 Å². The molecule has 2 N–H and O–H groups in total. The molecule has 1 atom stereocenters. The van der Waals surface area contributed by atoms with Gasteiger partial charge in [0.15, 0.2) is 0 Å². The van der Waals surface area contributed by atoms with Crippen LogP contribution in [0.3, 0.4) is 0 Å². The summed E-state index contributed by atoms with van der Waals surface area (Å²) in [6, 6.07) is 7.89. The summed E-state index contributed by atoms with van der Waals surface area (Å²) < 4.78 is 0. The lowest BCUT2D eigenvalue weighted by molar-refractivity contribution is 0.0408. The Morgan fingerprint density at radius 3 is 2.72 bits per heavy atom. The van der Waals surface area contributed by atoms with Crippen LogP contribution >= 0.6 is 12.2 Å². The van der Waals surface area contributed by atoms with Gasteiger partial charge in [0, 0.05) is 31.8 Å². The molecule has 130 valence electrons. The van der Waals surface area contributed by atoms with Gasteiger partial charge >= 0.3 is 0 Å². The van der Waals surface area contributed by atoms with E-state index in [1.165, 1.54) is 0 Å². The van der Waals surface area contributed by atoms with Gasteiger partial charge in [0.05, 0.1) is 16.1 Å². The highest BCUT2D eigenvalue weighted by atomic mass is 32.1. The van der Waals surface area contributed by atoms with Crippen LogP contribution in [0.1, 0.15) is 30.4 Å². The van der Waals surface area contributed by atoms with Crippen LogP contribution in [0.2, 0.25) is 0 Å². The van der Waals surface area contributed by atoms with E-state index in [0.29, 0.717) is 6.61 Å². The van der Waals surface area contributed by atoms with Crippen LogP contribution in [-0.4, -0.2) is 22.0 Å². The van der Waals surface area contributed by atoms with Crippen molar-refractivity contribution < 1.29 is 4.84 Å². The number of allylic oxidation sites excluding steroid dienone is 1. The lowest BCUT2D eigenvalue weighted by Crippen LogP contribution is -2.48. The molecule has 5 nitrogen and oxygen atoms in total. The van der Waals surface area contributed by atoms with E-state index in [2.05, 4.69) is 32.9 Å². The zero-order valence-electron chi connectivity index (χ0n) is 14.2. The van der Waals surface area contributed by atoms with Crippen molar-refractivity contribution in [3.63, 3.8) is 0 Å². The van der Waals surface area contributed by atoms with Gasteiger partial charge in [0.2, 0.25) is 0 Å². The summed E-state index contributed by atoms with van der Waals surface area (Å²) in [6.45, 7) is 0.431. The van der Waals surface area contributed by atoms with E-state index in [1.54, 1.807) is 18.6 Å². The van der Waals surface area contributed by atoms with E-state index in [4.69, 9.17) is 17.1 Å². The fourth-order valence-electron chi connectivity index (χ4n) is 3.23. The number of pyridine rings is 2. The monoisotopic (exact) mass is 354 g/mol. The van der Waals surface area contributed by atoms with Crippen molar-refractivity contribution in [2.75, 3.05) is 7.05 Å². The maximum absolute atomic E-state index is 5.76. The number of aromatic nitrogens is 2. The van der Waals surface area contributed by atoms with Gasteiger partial charge in [-0.15, -0.1) is 0 Å². The normalized spacial score (nSPS) is 19.8. The number of nitrogens with zero attached hydrogens (tertiary/aromatic N) is 2. The second-order valence-corrected chi connectivity index (χ2v) is 6.40. The first kappa shape index (κ1) is 17.5. The molecule has 1 aliphatic carbocycles. The summed E-state index contributed by atoms with van der Waals surface area (Å²) >= 11 is 5.71. The van der Waals surface area contributed by atoms with Crippen LogP contribution < -0.4 is 10.8 Å². The van der Waals surface area contributed by atoms with Gasteiger partial charge in [-0.05, 0) is 42.5 Å². The first-order valence-electron chi connectivity index (χ1n) is 8.37. The second-order valence-electron chi connectivity index (χ2n) is 5.99. The van der Waals surface area contributed by atoms with Gasteiger partial charge in [-0.25, -0.2) is 0 Å². The molecule has 1 aliphatic rings. The van der Waals surface area contributed by atoms with Crippen molar-refractivity contribution in [3.05, 3.63) is 72.0 Å². The summed E-state index contributed by atoms with van der Waals surface area (Å²) in [5, 5.41) is 3.17. The Morgan fingerprint density at radius 1 is 1.24 bits per heavy atom. The third kappa shape index (κ3) is 3.70. The third-order valence-corrected chi connectivity index (χ3v) is 5.03. The van der Waals surface area contributed by atoms with Gasteiger partial charge in [0.1, 0.15) is 6.61 Å². The average Bonchev–Trinajstić information content (AvgIpc) is 2.69. The molecule has 2 aromatic heterocycles. The van der Waals surface area contributed by atoms with Crippen molar-refractivity contribution in [2.45, 2.75) is 31.3 Å². The van der Waals surface area contributed by atoms with Crippen molar-refractivity contribution in [3.8, 4) is 0 Å². The Kier molecular flexibility index (Phi) is 5.73. The molecule has 2 aromatic rings. The van der Waals surface area contributed by atoms with Crippen molar-refractivity contribution in [2.24, 2.45) is 0 Å². The summed E-state index contributed by atoms with van der Waals surface area (Å²) in [6.07, 6.45) is 12.3. The fourth-order valence-corrected chi connectivity index (χ4v) is 3.56. The van der Waals surface area contributed by atoms with E-state index in [-0.39, 0.29) is 0 Å². The molecule has 25 heavy (non-hydrogen) atoms. The molecular formula is C19H22N4OS. The minimum atomic E-state index is -0.439. The first-order valence-corrected chi connectivity index (χ1v) is 8.78. The SMILES string of the molecule is CNC(=S)C1(c2cccnc2)CCCC=C1NOCc1cccnc1. The number of hydroxylamine groups is 1. The van der Waals surface area contributed by atoms with E-state index < -0.39 is 5.41 Å². The summed E-state index contributed by atoms with van der Waals surface area (Å²) in [7, 11) is 1.86. The van der Waals surface area contributed by atoms with Gasteiger partial charge in [-0.1, -0.05) is 30.4 Å². The molecule has 1 unspecified atom stereocenters. The van der Waals surface area contributed by atoms with Crippen LogP contribution in [-0.2, 0) is 16.9 Å². The molecule has 3 rings (SSSR count). The van der Waals surface area contributed by atoms with Crippen LogP contribution in [0.25, 0.3) is 0 Å². The van der Waals surface area contributed by atoms with E-state index >= 15 is 0 Å². The molecule has 0 fully saturated rings. The maximum Gasteiger partial charge on any atom is 0.101 e. The highest BCUT2D eigenvalue weighted by molar-refractivity contribution is 7.80. The Morgan fingerprint density at radius 2 is 2.04 bits per heavy atom. The number of likely N-dealkylation sites (N-methyl/N-ethyl adjacent to an activating group) is 1. The minimum Gasteiger partial charge on any atom is -0.382 e. The largest absolute Gasteiger partial charge is 0.382 e. The van der Waals surface area contributed by atoms with Crippen molar-refractivity contribution in [1.82, 2.24) is 20.8 Å². The molecular weight excluding hydrogens is 332 g/mol. The summed E-state index contributed by atoms with van der Waals surface area (Å²) in [5.74, 6) is 0. The zero-order chi connectivity index (χ0) is 17.5. The first-order chi connectivity index (χ1) is 12.3. The number of rotatable bonds is 6. The van der Waals surface area contributed by atoms with Gasteiger partial charge in [-0.2, -0.15) is 0 Å². The minimum absolute atomic E-state index is 0.431. The number of thiocarbonyl (C=S) groups is 1. The lowest BCUT2D eigenvalue weighted by atomic mass is 9.71. The standard InChI is InChI=1S/C19H22N4OS/c1-20-18(25)19(16-7-5-11-22-13-16)9-3-2-8-17(19)23-24-14-15-6-4-10-21-12-15/h4-8,10-13,23H,2-3,9,14H2,1H3,(H,20,25). The Hall–Kier alpha value is -2.31. The van der Waals surface area contributed by atoms with Crippen molar-refractivity contribution >= 4 is 17.2 Å². The molecule has 0 aromatic carbocycles. The smallest absolute Gasteiger partial charge is 0.101 e. The van der Waals surface area contributed by atoms with Crippen molar-refractivity contribution in [1.29, 1.82) is 0 Å². The highest BCUT2D eigenvalue weighted by Crippen LogP contribution is 2.40.